The number of β-amino-alcohol motifs (C(OH)–C–C–N with tert-alkyl or cyclic N) is 1. The topological polar surface area (TPSA) is 90.9 Å². The van der Waals surface area contributed by atoms with Crippen LogP contribution in [-0.2, 0) is 17.8 Å². The Labute approximate surface area is 194 Å². The smallest absolute Gasteiger partial charge is 0.268 e. The summed E-state index contributed by atoms with van der Waals surface area (Å²) in [7, 11) is 0. The molecule has 2 aromatic carbocycles. The quantitative estimate of drug-likeness (QED) is 0.653. The predicted octanol–water partition coefficient (Wildman–Crippen LogP) is 2.87. The lowest BCUT2D eigenvalue weighted by atomic mass is 9.83. The van der Waals surface area contributed by atoms with Crippen LogP contribution in [0.3, 0.4) is 0 Å². The van der Waals surface area contributed by atoms with Crippen LogP contribution in [0.15, 0.2) is 42.5 Å². The van der Waals surface area contributed by atoms with Gasteiger partial charge < -0.3 is 20.5 Å². The molecule has 1 atom stereocenters. The molecule has 0 aromatic heterocycles. The largest absolute Gasteiger partial charge is 0.475 e. The van der Waals surface area contributed by atoms with E-state index in [-0.39, 0.29) is 18.4 Å². The Balaban J connectivity index is 1.16. The lowest BCUT2D eigenvalue weighted by molar-refractivity contribution is -0.135. The maximum atomic E-state index is 12.7. The van der Waals surface area contributed by atoms with Crippen molar-refractivity contribution in [1.82, 2.24) is 10.2 Å². The van der Waals surface area contributed by atoms with Crippen molar-refractivity contribution in [3.63, 3.8) is 0 Å². The molecule has 2 aliphatic heterocycles. The highest BCUT2D eigenvalue weighted by molar-refractivity contribution is 6.03. The van der Waals surface area contributed by atoms with Gasteiger partial charge in [-0.1, -0.05) is 30.7 Å². The number of aliphatic hydroxyl groups excluding tert-OH is 1. The first-order chi connectivity index (χ1) is 16.0. The lowest BCUT2D eigenvalue weighted by Crippen LogP contribution is -2.52. The van der Waals surface area contributed by atoms with E-state index < -0.39 is 11.7 Å². The molecular weight excluding hydrogens is 418 g/mol. The minimum Gasteiger partial charge on any atom is -0.475 e. The van der Waals surface area contributed by atoms with Crippen LogP contribution in [-0.4, -0.2) is 53.2 Å². The normalized spacial score (nSPS) is 20.2. The summed E-state index contributed by atoms with van der Waals surface area (Å²) in [5.41, 5.74) is 2.85. The molecule has 33 heavy (non-hydrogen) atoms. The van der Waals surface area contributed by atoms with E-state index >= 15 is 0 Å². The molecule has 7 nitrogen and oxygen atoms in total. The Morgan fingerprint density at radius 3 is 2.76 bits per heavy atom. The van der Waals surface area contributed by atoms with Crippen molar-refractivity contribution >= 4 is 17.5 Å². The van der Waals surface area contributed by atoms with Crippen LogP contribution in [0.1, 0.15) is 53.6 Å². The Kier molecular flexibility index (Phi) is 6.08. The second kappa shape index (κ2) is 9.15. The van der Waals surface area contributed by atoms with Gasteiger partial charge >= 0.3 is 0 Å². The number of carbonyl (C=O) groups excluding carboxylic acids is 2. The third kappa shape index (κ3) is 4.61. The average Bonchev–Trinajstić information content (AvgIpc) is 2.83. The van der Waals surface area contributed by atoms with E-state index in [0.717, 1.165) is 51.6 Å². The van der Waals surface area contributed by atoms with E-state index in [1.807, 2.05) is 6.07 Å². The van der Waals surface area contributed by atoms with Crippen molar-refractivity contribution in [1.29, 1.82) is 0 Å². The number of nitrogens with zero attached hydrogens (tertiary/aromatic N) is 1. The molecule has 0 radical (unpaired) electrons. The number of aliphatic hydroxyl groups is 1. The minimum atomic E-state index is -0.770. The standard InChI is InChI=1S/C26H31N3O4/c30-21(17-29-13-10-18-6-2-3-7-20(18)16-29)15-27-24(31)19-8-9-23-22(14-19)28-25(32)26(33-23)11-4-1-5-12-26/h2-3,6-9,14,21,30H,1,4-5,10-13,15-17H2,(H,27,31)(H,28,32)/t21-/m0/s1. The summed E-state index contributed by atoms with van der Waals surface area (Å²) in [6.07, 6.45) is 4.85. The third-order valence-electron chi connectivity index (χ3n) is 7.05. The summed E-state index contributed by atoms with van der Waals surface area (Å²) in [4.78, 5) is 27.6. The highest BCUT2D eigenvalue weighted by Crippen LogP contribution is 2.41. The van der Waals surface area contributed by atoms with Gasteiger partial charge in [0.05, 0.1) is 11.8 Å². The molecule has 2 amide bonds. The Morgan fingerprint density at radius 2 is 1.94 bits per heavy atom. The fraction of sp³-hybridized carbons (Fsp3) is 0.462. The van der Waals surface area contributed by atoms with Crippen molar-refractivity contribution in [3.8, 4) is 5.75 Å². The van der Waals surface area contributed by atoms with E-state index in [2.05, 4.69) is 33.7 Å². The van der Waals surface area contributed by atoms with Gasteiger partial charge in [-0.25, -0.2) is 0 Å². The number of nitrogens with one attached hydrogen (secondary N) is 2. The zero-order chi connectivity index (χ0) is 22.8. The average molecular weight is 450 g/mol. The highest BCUT2D eigenvalue weighted by atomic mass is 16.5. The number of carbonyl (C=O) groups is 2. The number of rotatable bonds is 5. The van der Waals surface area contributed by atoms with Gasteiger partial charge in [0.1, 0.15) is 5.75 Å². The Hall–Kier alpha value is -2.90. The zero-order valence-electron chi connectivity index (χ0n) is 18.8. The summed E-state index contributed by atoms with van der Waals surface area (Å²) in [5.74, 6) is 0.206. The van der Waals surface area contributed by atoms with Crippen LogP contribution < -0.4 is 15.4 Å². The Bertz CT molecular complexity index is 1050. The molecule has 0 unspecified atom stereocenters. The van der Waals surface area contributed by atoms with E-state index in [1.54, 1.807) is 18.2 Å². The molecule has 2 heterocycles. The molecule has 1 spiro atoms. The molecule has 1 fully saturated rings. The maximum absolute atomic E-state index is 12.7. The summed E-state index contributed by atoms with van der Waals surface area (Å²) in [5, 5.41) is 16.2. The molecule has 5 rings (SSSR count). The summed E-state index contributed by atoms with van der Waals surface area (Å²) in [6, 6.07) is 13.5. The van der Waals surface area contributed by atoms with Gasteiger partial charge in [-0.05, 0) is 61.4 Å². The van der Waals surface area contributed by atoms with Crippen LogP contribution in [0.5, 0.6) is 5.75 Å². The van der Waals surface area contributed by atoms with Crippen molar-refractivity contribution < 1.29 is 19.4 Å². The van der Waals surface area contributed by atoms with E-state index in [1.165, 1.54) is 11.1 Å². The van der Waals surface area contributed by atoms with Crippen LogP contribution in [0.2, 0.25) is 0 Å². The highest BCUT2D eigenvalue weighted by Gasteiger charge is 2.45. The van der Waals surface area contributed by atoms with Gasteiger partial charge in [0.2, 0.25) is 0 Å². The van der Waals surface area contributed by atoms with Crippen LogP contribution in [0, 0.1) is 0 Å². The summed E-state index contributed by atoms with van der Waals surface area (Å²) < 4.78 is 6.13. The van der Waals surface area contributed by atoms with Gasteiger partial charge in [-0.15, -0.1) is 0 Å². The number of ether oxygens (including phenoxy) is 1. The first-order valence-electron chi connectivity index (χ1n) is 11.9. The third-order valence-corrected chi connectivity index (χ3v) is 7.05. The number of amides is 2. The molecule has 0 saturated heterocycles. The molecule has 174 valence electrons. The van der Waals surface area contributed by atoms with Crippen LogP contribution >= 0.6 is 0 Å². The first-order valence-corrected chi connectivity index (χ1v) is 11.9. The van der Waals surface area contributed by atoms with E-state index in [0.29, 0.717) is 23.5 Å². The van der Waals surface area contributed by atoms with Gasteiger partial charge in [0.25, 0.3) is 11.8 Å². The maximum Gasteiger partial charge on any atom is 0.268 e. The van der Waals surface area contributed by atoms with Crippen LogP contribution in [0.25, 0.3) is 0 Å². The Morgan fingerprint density at radius 1 is 1.15 bits per heavy atom. The predicted molar refractivity (Wildman–Crippen MR) is 125 cm³/mol. The van der Waals surface area contributed by atoms with Gasteiger partial charge in [0.15, 0.2) is 5.60 Å². The monoisotopic (exact) mass is 449 g/mol. The fourth-order valence-corrected chi connectivity index (χ4v) is 5.19. The second-order valence-corrected chi connectivity index (χ2v) is 9.44. The van der Waals surface area contributed by atoms with Crippen molar-refractivity contribution in [3.05, 3.63) is 59.2 Å². The molecule has 3 N–H and O–H groups in total. The lowest BCUT2D eigenvalue weighted by Gasteiger charge is -2.39. The molecular formula is C26H31N3O4. The molecule has 1 aliphatic carbocycles. The zero-order valence-corrected chi connectivity index (χ0v) is 18.8. The number of hydrogen-bond acceptors (Lipinski definition) is 5. The summed E-state index contributed by atoms with van der Waals surface area (Å²) in [6.45, 7) is 2.38. The van der Waals surface area contributed by atoms with Gasteiger partial charge in [0, 0.05) is 31.7 Å². The number of anilines is 1. The number of fused-ring (bicyclic) bond motifs is 2. The van der Waals surface area contributed by atoms with Crippen LogP contribution in [0.4, 0.5) is 5.69 Å². The number of benzene rings is 2. The van der Waals surface area contributed by atoms with Crippen molar-refractivity contribution in [2.45, 2.75) is 56.8 Å². The molecule has 2 aromatic rings. The fourth-order valence-electron chi connectivity index (χ4n) is 5.19. The van der Waals surface area contributed by atoms with E-state index in [4.69, 9.17) is 4.74 Å². The SMILES string of the molecule is O=C(NC[C@H](O)CN1CCc2ccccc2C1)c1ccc2c(c1)NC(=O)C1(CCCCC1)O2. The van der Waals surface area contributed by atoms with Crippen molar-refractivity contribution in [2.24, 2.45) is 0 Å². The molecule has 7 heteroatoms. The van der Waals surface area contributed by atoms with Gasteiger partial charge in [-0.3, -0.25) is 14.5 Å². The first kappa shape index (κ1) is 21.9. The molecule has 0 bridgehead atoms. The van der Waals surface area contributed by atoms with Crippen molar-refractivity contribution in [2.75, 3.05) is 25.0 Å². The summed E-state index contributed by atoms with van der Waals surface area (Å²) >= 11 is 0. The minimum absolute atomic E-state index is 0.120. The second-order valence-electron chi connectivity index (χ2n) is 9.44. The number of hydrogen-bond donors (Lipinski definition) is 3. The van der Waals surface area contributed by atoms with Gasteiger partial charge in [-0.2, -0.15) is 0 Å². The molecule has 3 aliphatic rings. The van der Waals surface area contributed by atoms with E-state index in [9.17, 15) is 14.7 Å². The molecule has 1 saturated carbocycles.